The highest BCUT2D eigenvalue weighted by molar-refractivity contribution is 7.89. The molecule has 0 spiro atoms. The van der Waals surface area contributed by atoms with Crippen LogP contribution in [0.15, 0.2) is 77.7 Å². The third kappa shape index (κ3) is 5.68. The molecular weight excluding hydrogens is 418 g/mol. The number of benzene rings is 3. The van der Waals surface area contributed by atoms with E-state index in [-0.39, 0.29) is 17.3 Å². The fraction of sp³-hybridized carbons (Fsp3) is 0.0909. The maximum atomic E-state index is 12.4. The summed E-state index contributed by atoms with van der Waals surface area (Å²) in [7, 11) is -2.15. The molecule has 0 saturated heterocycles. The highest BCUT2D eigenvalue weighted by Gasteiger charge is 2.11. The second-order valence-corrected chi connectivity index (χ2v) is 8.44. The minimum Gasteiger partial charge on any atom is -0.457 e. The fourth-order valence-corrected chi connectivity index (χ4v) is 3.42. The van der Waals surface area contributed by atoms with Crippen molar-refractivity contribution in [2.45, 2.75) is 11.4 Å². The molecule has 0 atom stereocenters. The molecule has 0 aromatic heterocycles. The largest absolute Gasteiger partial charge is 0.457 e. The lowest BCUT2D eigenvalue weighted by molar-refractivity contribution is 0.0949. The molecule has 0 aliphatic heterocycles. The average Bonchev–Trinajstić information content (AvgIpc) is 2.78. The highest BCUT2D eigenvalue weighted by Crippen LogP contribution is 2.22. The van der Waals surface area contributed by atoms with Gasteiger partial charge in [0.1, 0.15) is 11.5 Å². The number of ether oxygens (including phenoxy) is 1. The smallest absolute Gasteiger partial charge is 0.251 e. The number of sulfonamides is 1. The van der Waals surface area contributed by atoms with Crippen molar-refractivity contribution in [3.8, 4) is 11.5 Å². The van der Waals surface area contributed by atoms with E-state index in [1.54, 1.807) is 60.7 Å². The number of nitrogens with two attached hydrogens (primary N) is 1. The Bertz CT molecular complexity index is 1170. The number of rotatable bonds is 8. The van der Waals surface area contributed by atoms with E-state index in [2.05, 4.69) is 10.0 Å². The molecule has 9 heteroatoms. The molecule has 3 aromatic carbocycles. The van der Waals surface area contributed by atoms with Crippen LogP contribution in [0.4, 0.5) is 0 Å². The number of hydrogen-bond acceptors (Lipinski definition) is 5. The van der Waals surface area contributed by atoms with Crippen LogP contribution in [0.5, 0.6) is 11.5 Å². The molecule has 160 valence electrons. The van der Waals surface area contributed by atoms with Gasteiger partial charge in [0, 0.05) is 17.7 Å². The van der Waals surface area contributed by atoms with Gasteiger partial charge >= 0.3 is 0 Å². The van der Waals surface area contributed by atoms with Crippen molar-refractivity contribution in [3.63, 3.8) is 0 Å². The first-order valence-corrected chi connectivity index (χ1v) is 10.8. The van der Waals surface area contributed by atoms with Crippen LogP contribution in [0.2, 0.25) is 0 Å². The third-order valence-corrected chi connectivity index (χ3v) is 5.88. The van der Waals surface area contributed by atoms with Crippen molar-refractivity contribution in [1.82, 2.24) is 10.0 Å². The van der Waals surface area contributed by atoms with E-state index in [1.165, 1.54) is 19.2 Å². The van der Waals surface area contributed by atoms with Crippen LogP contribution >= 0.6 is 0 Å². The van der Waals surface area contributed by atoms with Gasteiger partial charge in [-0.3, -0.25) is 9.59 Å². The minimum atomic E-state index is -3.49. The molecule has 8 nitrogen and oxygen atoms in total. The minimum absolute atomic E-state index is 0.157. The Balaban J connectivity index is 1.57. The van der Waals surface area contributed by atoms with Crippen LogP contribution in [-0.4, -0.2) is 27.3 Å². The molecule has 2 amide bonds. The van der Waals surface area contributed by atoms with Gasteiger partial charge in [-0.1, -0.05) is 12.1 Å². The number of hydrogen-bond donors (Lipinski definition) is 3. The van der Waals surface area contributed by atoms with Crippen LogP contribution in [0.1, 0.15) is 26.3 Å². The van der Waals surface area contributed by atoms with Crippen molar-refractivity contribution in [2.24, 2.45) is 5.73 Å². The zero-order chi connectivity index (χ0) is 22.4. The van der Waals surface area contributed by atoms with Gasteiger partial charge < -0.3 is 15.8 Å². The summed E-state index contributed by atoms with van der Waals surface area (Å²) in [4.78, 5) is 23.6. The predicted molar refractivity (Wildman–Crippen MR) is 115 cm³/mol. The summed E-state index contributed by atoms with van der Waals surface area (Å²) in [5, 5.41) is 2.78. The molecule has 0 radical (unpaired) electrons. The van der Waals surface area contributed by atoms with Crippen molar-refractivity contribution in [3.05, 3.63) is 89.5 Å². The Kier molecular flexibility index (Phi) is 6.68. The van der Waals surface area contributed by atoms with Crippen LogP contribution < -0.4 is 20.5 Å². The highest BCUT2D eigenvalue weighted by atomic mass is 32.2. The van der Waals surface area contributed by atoms with E-state index in [0.29, 0.717) is 22.6 Å². The van der Waals surface area contributed by atoms with Crippen LogP contribution in [0.3, 0.4) is 0 Å². The maximum Gasteiger partial charge on any atom is 0.251 e. The molecule has 0 unspecified atom stereocenters. The number of amides is 2. The zero-order valence-corrected chi connectivity index (χ0v) is 17.5. The summed E-state index contributed by atoms with van der Waals surface area (Å²) in [6, 6.07) is 19.2. The summed E-state index contributed by atoms with van der Waals surface area (Å²) < 4.78 is 31.4. The fourth-order valence-electron chi connectivity index (χ4n) is 2.69. The Morgan fingerprint density at radius 2 is 1.35 bits per heavy atom. The molecule has 0 bridgehead atoms. The Morgan fingerprint density at radius 3 is 1.84 bits per heavy atom. The quantitative estimate of drug-likeness (QED) is 0.497. The van der Waals surface area contributed by atoms with E-state index < -0.39 is 15.9 Å². The summed E-state index contributed by atoms with van der Waals surface area (Å²) in [5.74, 6) is 0.279. The van der Waals surface area contributed by atoms with Gasteiger partial charge in [-0.15, -0.1) is 0 Å². The molecule has 0 heterocycles. The SMILES string of the molecule is CNS(=O)(=O)c1ccc(CNC(=O)c2ccc(Oc3ccc(C(N)=O)cc3)cc2)cc1. The summed E-state index contributed by atoms with van der Waals surface area (Å²) in [6.45, 7) is 0.253. The normalized spacial score (nSPS) is 11.0. The Hall–Kier alpha value is -3.69. The molecule has 0 aliphatic carbocycles. The van der Waals surface area contributed by atoms with E-state index in [0.717, 1.165) is 5.56 Å². The second kappa shape index (κ2) is 9.41. The van der Waals surface area contributed by atoms with Crippen molar-refractivity contribution in [2.75, 3.05) is 7.05 Å². The molecule has 0 fully saturated rings. The van der Waals surface area contributed by atoms with Crippen LogP contribution in [-0.2, 0) is 16.6 Å². The first kappa shape index (κ1) is 22.0. The van der Waals surface area contributed by atoms with E-state index in [4.69, 9.17) is 10.5 Å². The van der Waals surface area contributed by atoms with Crippen LogP contribution in [0, 0.1) is 0 Å². The van der Waals surface area contributed by atoms with Crippen molar-refractivity contribution < 1.29 is 22.7 Å². The zero-order valence-electron chi connectivity index (χ0n) is 16.7. The molecule has 3 rings (SSSR count). The Morgan fingerprint density at radius 1 is 0.839 bits per heavy atom. The lowest BCUT2D eigenvalue weighted by Crippen LogP contribution is -2.23. The van der Waals surface area contributed by atoms with Crippen molar-refractivity contribution >= 4 is 21.8 Å². The van der Waals surface area contributed by atoms with Gasteiger partial charge in [-0.25, -0.2) is 13.1 Å². The standard InChI is InChI=1S/C22H21N3O5S/c1-24-31(28,29)20-12-2-15(3-13-20)14-25-22(27)17-6-10-19(11-7-17)30-18-8-4-16(5-9-18)21(23)26/h2-13,24H,14H2,1H3,(H2,23,26)(H,25,27). The van der Waals surface area contributed by atoms with Crippen LogP contribution in [0.25, 0.3) is 0 Å². The Labute approximate surface area is 180 Å². The number of carbonyl (C=O) groups is 2. The second-order valence-electron chi connectivity index (χ2n) is 6.55. The van der Waals surface area contributed by atoms with Gasteiger partial charge in [-0.2, -0.15) is 0 Å². The summed E-state index contributed by atoms with van der Waals surface area (Å²) in [6.07, 6.45) is 0. The third-order valence-electron chi connectivity index (χ3n) is 4.45. The first-order chi connectivity index (χ1) is 14.8. The van der Waals surface area contributed by atoms with Gasteiger partial charge in [0.05, 0.1) is 4.90 Å². The summed E-state index contributed by atoms with van der Waals surface area (Å²) in [5.41, 5.74) is 6.81. The molecular formula is C22H21N3O5S. The molecule has 0 aliphatic rings. The first-order valence-electron chi connectivity index (χ1n) is 9.27. The number of primary amides is 1. The van der Waals surface area contributed by atoms with Gasteiger partial charge in [0.25, 0.3) is 5.91 Å². The lowest BCUT2D eigenvalue weighted by Gasteiger charge is -2.09. The maximum absolute atomic E-state index is 12.4. The molecule has 0 saturated carbocycles. The van der Waals surface area contributed by atoms with Crippen molar-refractivity contribution in [1.29, 1.82) is 0 Å². The number of carbonyl (C=O) groups excluding carboxylic acids is 2. The van der Waals surface area contributed by atoms with Gasteiger partial charge in [0.15, 0.2) is 0 Å². The monoisotopic (exact) mass is 439 g/mol. The predicted octanol–water partition coefficient (Wildman–Crippen LogP) is 2.42. The van der Waals surface area contributed by atoms with E-state index in [1.807, 2.05) is 0 Å². The lowest BCUT2D eigenvalue weighted by atomic mass is 10.2. The summed E-state index contributed by atoms with van der Waals surface area (Å²) >= 11 is 0. The molecule has 3 aromatic rings. The number of nitrogens with one attached hydrogen (secondary N) is 2. The van der Waals surface area contributed by atoms with E-state index >= 15 is 0 Å². The van der Waals surface area contributed by atoms with E-state index in [9.17, 15) is 18.0 Å². The van der Waals surface area contributed by atoms with Gasteiger partial charge in [0.2, 0.25) is 15.9 Å². The topological polar surface area (TPSA) is 128 Å². The average molecular weight is 439 g/mol. The van der Waals surface area contributed by atoms with Gasteiger partial charge in [-0.05, 0) is 73.3 Å². The molecule has 4 N–H and O–H groups in total. The molecule has 31 heavy (non-hydrogen) atoms.